The van der Waals surface area contributed by atoms with Gasteiger partial charge >= 0.3 is 0 Å². The molecule has 1 aliphatic heterocycles. The average molecular weight is 293 g/mol. The first-order valence-electron chi connectivity index (χ1n) is 6.99. The molecule has 116 valence electrons. The predicted octanol–water partition coefficient (Wildman–Crippen LogP) is 1.33. The van der Waals surface area contributed by atoms with Crippen LogP contribution in [-0.4, -0.2) is 49.8 Å². The molecule has 0 atom stereocenters. The fourth-order valence-electron chi connectivity index (χ4n) is 2.47. The fraction of sp³-hybridized carbons (Fsp3) is 0.533. The molecule has 2 rings (SSSR count). The molecule has 0 saturated carbocycles. The van der Waals surface area contributed by atoms with E-state index in [1.54, 1.807) is 25.3 Å². The van der Waals surface area contributed by atoms with Gasteiger partial charge in [0.05, 0.1) is 31.5 Å². The Labute approximate surface area is 125 Å². The molecule has 0 aliphatic carbocycles. The number of ether oxygens (including phenoxy) is 2. The standard InChI is InChI=1S/C15H23N3O3/c1-15(2)10-18(6-7-21-15)9-14(19)17-12-8-11(16)4-5-13(12)20-3/h4-5,8H,6-7,9-10,16H2,1-3H3,(H,17,19). The number of nitrogens with two attached hydrogens (primary N) is 1. The van der Waals surface area contributed by atoms with Gasteiger partial charge in [-0.05, 0) is 32.0 Å². The second kappa shape index (κ2) is 6.32. The first-order chi connectivity index (χ1) is 9.89. The van der Waals surface area contributed by atoms with E-state index in [-0.39, 0.29) is 11.5 Å². The summed E-state index contributed by atoms with van der Waals surface area (Å²) in [6.07, 6.45) is 0. The molecule has 1 fully saturated rings. The monoisotopic (exact) mass is 293 g/mol. The zero-order chi connectivity index (χ0) is 15.5. The highest BCUT2D eigenvalue weighted by Crippen LogP contribution is 2.26. The van der Waals surface area contributed by atoms with Crippen LogP contribution in [0.2, 0.25) is 0 Å². The number of anilines is 2. The third-order valence-electron chi connectivity index (χ3n) is 3.37. The van der Waals surface area contributed by atoms with Crippen LogP contribution in [0.15, 0.2) is 18.2 Å². The Kier molecular flexibility index (Phi) is 4.69. The lowest BCUT2D eigenvalue weighted by Gasteiger charge is -2.37. The minimum Gasteiger partial charge on any atom is -0.495 e. The number of methoxy groups -OCH3 is 1. The van der Waals surface area contributed by atoms with E-state index < -0.39 is 0 Å². The Balaban J connectivity index is 1.97. The average Bonchev–Trinajstić information content (AvgIpc) is 2.37. The van der Waals surface area contributed by atoms with Crippen molar-refractivity contribution in [2.75, 3.05) is 44.4 Å². The lowest BCUT2D eigenvalue weighted by Crippen LogP contribution is -2.50. The largest absolute Gasteiger partial charge is 0.495 e. The van der Waals surface area contributed by atoms with E-state index in [1.165, 1.54) is 0 Å². The van der Waals surface area contributed by atoms with Gasteiger partial charge in [-0.15, -0.1) is 0 Å². The molecule has 0 radical (unpaired) electrons. The molecular weight excluding hydrogens is 270 g/mol. The quantitative estimate of drug-likeness (QED) is 0.819. The number of carbonyl (C=O) groups is 1. The van der Waals surface area contributed by atoms with Crippen LogP contribution >= 0.6 is 0 Å². The summed E-state index contributed by atoms with van der Waals surface area (Å²) >= 11 is 0. The van der Waals surface area contributed by atoms with E-state index >= 15 is 0 Å². The van der Waals surface area contributed by atoms with Crippen molar-refractivity contribution in [3.8, 4) is 5.75 Å². The highest BCUT2D eigenvalue weighted by molar-refractivity contribution is 5.94. The number of benzene rings is 1. The highest BCUT2D eigenvalue weighted by atomic mass is 16.5. The molecule has 0 bridgehead atoms. The van der Waals surface area contributed by atoms with E-state index in [0.29, 0.717) is 30.3 Å². The maximum atomic E-state index is 12.2. The second-order valence-electron chi connectivity index (χ2n) is 5.83. The van der Waals surface area contributed by atoms with Gasteiger partial charge in [-0.1, -0.05) is 0 Å². The summed E-state index contributed by atoms with van der Waals surface area (Å²) in [5, 5.41) is 2.85. The summed E-state index contributed by atoms with van der Waals surface area (Å²) in [6.45, 7) is 6.50. The summed E-state index contributed by atoms with van der Waals surface area (Å²) in [5.74, 6) is 0.511. The van der Waals surface area contributed by atoms with Crippen LogP contribution in [0.5, 0.6) is 5.75 Å². The van der Waals surface area contributed by atoms with Crippen LogP contribution < -0.4 is 15.8 Å². The van der Waals surface area contributed by atoms with Crippen molar-refractivity contribution in [3.05, 3.63) is 18.2 Å². The zero-order valence-electron chi connectivity index (χ0n) is 12.8. The van der Waals surface area contributed by atoms with Crippen LogP contribution in [0.4, 0.5) is 11.4 Å². The van der Waals surface area contributed by atoms with Crippen molar-refractivity contribution >= 4 is 17.3 Å². The Hall–Kier alpha value is -1.79. The minimum absolute atomic E-state index is 0.0865. The van der Waals surface area contributed by atoms with Gasteiger partial charge in [0.15, 0.2) is 0 Å². The summed E-state index contributed by atoms with van der Waals surface area (Å²) < 4.78 is 10.9. The molecule has 1 aromatic rings. The van der Waals surface area contributed by atoms with Crippen LogP contribution in [0.25, 0.3) is 0 Å². The van der Waals surface area contributed by atoms with Gasteiger partial charge in [-0.3, -0.25) is 9.69 Å². The van der Waals surface area contributed by atoms with Crippen LogP contribution in [-0.2, 0) is 9.53 Å². The molecule has 6 nitrogen and oxygen atoms in total. The van der Waals surface area contributed by atoms with Crippen LogP contribution in [0.3, 0.4) is 0 Å². The number of rotatable bonds is 4. The van der Waals surface area contributed by atoms with E-state index in [1.807, 2.05) is 13.8 Å². The van der Waals surface area contributed by atoms with Crippen molar-refractivity contribution in [3.63, 3.8) is 0 Å². The number of carbonyl (C=O) groups excluding carboxylic acids is 1. The number of hydrogen-bond acceptors (Lipinski definition) is 5. The van der Waals surface area contributed by atoms with Crippen LogP contribution in [0, 0.1) is 0 Å². The first-order valence-corrected chi connectivity index (χ1v) is 6.99. The van der Waals surface area contributed by atoms with Crippen molar-refractivity contribution < 1.29 is 14.3 Å². The van der Waals surface area contributed by atoms with Gasteiger partial charge in [0.1, 0.15) is 5.75 Å². The van der Waals surface area contributed by atoms with Crippen molar-refractivity contribution in [1.82, 2.24) is 4.90 Å². The molecule has 21 heavy (non-hydrogen) atoms. The first kappa shape index (κ1) is 15.6. The van der Waals surface area contributed by atoms with Gasteiger partial charge in [-0.25, -0.2) is 0 Å². The van der Waals surface area contributed by atoms with E-state index in [9.17, 15) is 4.79 Å². The van der Waals surface area contributed by atoms with E-state index in [2.05, 4.69) is 10.2 Å². The van der Waals surface area contributed by atoms with Crippen LogP contribution in [0.1, 0.15) is 13.8 Å². The molecule has 1 aromatic carbocycles. The molecule has 6 heteroatoms. The lowest BCUT2D eigenvalue weighted by molar-refractivity contribution is -0.122. The summed E-state index contributed by atoms with van der Waals surface area (Å²) in [6, 6.07) is 5.17. The third kappa shape index (κ3) is 4.34. The number of amides is 1. The molecule has 1 saturated heterocycles. The number of nitrogen functional groups attached to an aromatic ring is 1. The maximum Gasteiger partial charge on any atom is 0.238 e. The molecule has 0 spiro atoms. The molecule has 1 amide bonds. The lowest BCUT2D eigenvalue weighted by atomic mass is 10.1. The Morgan fingerprint density at radius 3 is 2.95 bits per heavy atom. The molecule has 1 heterocycles. The third-order valence-corrected chi connectivity index (χ3v) is 3.37. The summed E-state index contributed by atoms with van der Waals surface area (Å²) in [7, 11) is 1.56. The molecule has 0 unspecified atom stereocenters. The summed E-state index contributed by atoms with van der Waals surface area (Å²) in [4.78, 5) is 14.3. The Morgan fingerprint density at radius 1 is 1.52 bits per heavy atom. The fourth-order valence-corrected chi connectivity index (χ4v) is 2.47. The normalized spacial score (nSPS) is 18.2. The molecule has 0 aromatic heterocycles. The van der Waals surface area contributed by atoms with Crippen molar-refractivity contribution in [1.29, 1.82) is 0 Å². The van der Waals surface area contributed by atoms with Crippen molar-refractivity contribution in [2.45, 2.75) is 19.4 Å². The van der Waals surface area contributed by atoms with E-state index in [4.69, 9.17) is 15.2 Å². The number of nitrogens with one attached hydrogen (secondary N) is 1. The van der Waals surface area contributed by atoms with Crippen molar-refractivity contribution in [2.24, 2.45) is 0 Å². The number of nitrogens with zero attached hydrogens (tertiary/aromatic N) is 1. The molecular formula is C15H23N3O3. The summed E-state index contributed by atoms with van der Waals surface area (Å²) in [5.41, 5.74) is 6.70. The topological polar surface area (TPSA) is 76.8 Å². The molecule has 1 aliphatic rings. The SMILES string of the molecule is COc1ccc(N)cc1NC(=O)CN1CCOC(C)(C)C1. The smallest absolute Gasteiger partial charge is 0.238 e. The minimum atomic E-state index is -0.215. The second-order valence-corrected chi connectivity index (χ2v) is 5.83. The maximum absolute atomic E-state index is 12.2. The van der Waals surface area contributed by atoms with E-state index in [0.717, 1.165) is 13.1 Å². The highest BCUT2D eigenvalue weighted by Gasteiger charge is 2.28. The van der Waals surface area contributed by atoms with Gasteiger partial charge in [0.25, 0.3) is 0 Å². The van der Waals surface area contributed by atoms with Gasteiger partial charge in [-0.2, -0.15) is 0 Å². The predicted molar refractivity (Wildman–Crippen MR) is 82.5 cm³/mol. The number of hydrogen-bond donors (Lipinski definition) is 2. The van der Waals surface area contributed by atoms with Gasteiger partial charge in [0.2, 0.25) is 5.91 Å². The Morgan fingerprint density at radius 2 is 2.29 bits per heavy atom. The Bertz CT molecular complexity index is 517. The molecule has 3 N–H and O–H groups in total. The van der Waals surface area contributed by atoms with Gasteiger partial charge in [0, 0.05) is 18.8 Å². The van der Waals surface area contributed by atoms with Gasteiger partial charge < -0.3 is 20.5 Å². The zero-order valence-corrected chi connectivity index (χ0v) is 12.8. The number of morpholine rings is 1.